The highest BCUT2D eigenvalue weighted by molar-refractivity contribution is 7.99. The molecule has 0 aliphatic heterocycles. The third-order valence-electron chi connectivity index (χ3n) is 3.53. The molecule has 1 heterocycles. The number of nitrogens with two attached hydrogens (primary N) is 1. The third kappa shape index (κ3) is 4.65. The Kier molecular flexibility index (Phi) is 7.95. The normalized spacial score (nSPS) is 14.5. The molecule has 0 amide bonds. The molecule has 1 aromatic heterocycles. The average Bonchev–Trinajstić information content (AvgIpc) is 2.78. The summed E-state index contributed by atoms with van der Waals surface area (Å²) in [5.74, 6) is 6.68. The number of hydrazine groups is 1. The molecule has 1 rings (SSSR count). The molecule has 0 saturated carbocycles. The van der Waals surface area contributed by atoms with E-state index in [-0.39, 0.29) is 6.04 Å². The Labute approximate surface area is 131 Å². The molecule has 2 unspecified atom stereocenters. The fourth-order valence-electron chi connectivity index (χ4n) is 2.01. The standard InChI is InChI=1S/C14H27ClN4S/c1-5-10(4)20-9-11(17-16)8-13-14(15)12(6-2)18-19(13)7-3/h10-11,17H,5-9,16H2,1-4H3. The lowest BCUT2D eigenvalue weighted by atomic mass is 10.1. The van der Waals surface area contributed by atoms with Gasteiger partial charge < -0.3 is 0 Å². The Bertz CT molecular complexity index is 408. The Morgan fingerprint density at radius 1 is 1.40 bits per heavy atom. The fraction of sp³-hybridized carbons (Fsp3) is 0.786. The molecule has 0 saturated heterocycles. The minimum absolute atomic E-state index is 0.221. The van der Waals surface area contributed by atoms with Gasteiger partial charge in [0, 0.05) is 30.0 Å². The van der Waals surface area contributed by atoms with Gasteiger partial charge in [0.15, 0.2) is 0 Å². The first kappa shape index (κ1) is 17.8. The topological polar surface area (TPSA) is 55.9 Å². The second-order valence-corrected chi connectivity index (χ2v) is 6.85. The molecule has 4 nitrogen and oxygen atoms in total. The highest BCUT2D eigenvalue weighted by atomic mass is 35.5. The van der Waals surface area contributed by atoms with E-state index in [0.29, 0.717) is 5.25 Å². The SMILES string of the molecule is CCc1nn(CC)c(CC(CSC(C)CC)NN)c1Cl. The molecule has 116 valence electrons. The fourth-order valence-corrected chi connectivity index (χ4v) is 3.37. The van der Waals surface area contributed by atoms with Crippen LogP contribution in [-0.2, 0) is 19.4 Å². The molecule has 0 aliphatic carbocycles. The number of halogens is 1. The van der Waals surface area contributed by atoms with Crippen LogP contribution in [0, 0.1) is 0 Å². The van der Waals surface area contributed by atoms with E-state index >= 15 is 0 Å². The van der Waals surface area contributed by atoms with Crippen molar-refractivity contribution in [3.63, 3.8) is 0 Å². The predicted molar refractivity (Wildman–Crippen MR) is 89.3 cm³/mol. The number of thioether (sulfide) groups is 1. The molecular formula is C14H27ClN4S. The highest BCUT2D eigenvalue weighted by Crippen LogP contribution is 2.24. The summed E-state index contributed by atoms with van der Waals surface area (Å²) >= 11 is 8.39. The van der Waals surface area contributed by atoms with Crippen molar-refractivity contribution in [2.45, 2.75) is 64.8 Å². The lowest BCUT2D eigenvalue weighted by molar-refractivity contribution is 0.533. The van der Waals surface area contributed by atoms with Gasteiger partial charge in [-0.25, -0.2) is 0 Å². The number of rotatable bonds is 9. The summed E-state index contributed by atoms with van der Waals surface area (Å²) in [6.07, 6.45) is 2.86. The third-order valence-corrected chi connectivity index (χ3v) is 5.46. The van der Waals surface area contributed by atoms with Gasteiger partial charge in [0.05, 0.1) is 16.4 Å². The number of hydrogen-bond acceptors (Lipinski definition) is 4. The lowest BCUT2D eigenvalue weighted by Crippen LogP contribution is -2.39. The van der Waals surface area contributed by atoms with Crippen LogP contribution in [0.25, 0.3) is 0 Å². The van der Waals surface area contributed by atoms with Gasteiger partial charge in [-0.15, -0.1) is 0 Å². The van der Waals surface area contributed by atoms with Crippen LogP contribution >= 0.6 is 23.4 Å². The molecule has 3 N–H and O–H groups in total. The molecule has 0 bridgehead atoms. The Balaban J connectivity index is 2.76. The zero-order valence-electron chi connectivity index (χ0n) is 12.9. The summed E-state index contributed by atoms with van der Waals surface area (Å²) in [6.45, 7) is 9.46. The van der Waals surface area contributed by atoms with E-state index in [1.165, 1.54) is 6.42 Å². The van der Waals surface area contributed by atoms with Crippen molar-refractivity contribution >= 4 is 23.4 Å². The Morgan fingerprint density at radius 2 is 2.10 bits per heavy atom. The molecular weight excluding hydrogens is 292 g/mol. The molecule has 0 fully saturated rings. The van der Waals surface area contributed by atoms with Crippen molar-refractivity contribution in [1.82, 2.24) is 15.2 Å². The molecule has 20 heavy (non-hydrogen) atoms. The summed E-state index contributed by atoms with van der Waals surface area (Å²) in [5.41, 5.74) is 4.99. The number of nitrogens with zero attached hydrogens (tertiary/aromatic N) is 2. The van der Waals surface area contributed by atoms with Crippen molar-refractivity contribution in [3.8, 4) is 0 Å². The minimum Gasteiger partial charge on any atom is -0.271 e. The molecule has 0 aromatic carbocycles. The summed E-state index contributed by atoms with van der Waals surface area (Å²) in [7, 11) is 0. The number of aromatic nitrogens is 2. The molecule has 1 aromatic rings. The predicted octanol–water partition coefficient (Wildman–Crippen LogP) is 3.02. The van der Waals surface area contributed by atoms with Crippen molar-refractivity contribution in [2.75, 3.05) is 5.75 Å². The van der Waals surface area contributed by atoms with Gasteiger partial charge in [0.2, 0.25) is 0 Å². The van der Waals surface area contributed by atoms with Crippen LogP contribution in [-0.4, -0.2) is 26.8 Å². The quantitative estimate of drug-likeness (QED) is 0.543. The summed E-state index contributed by atoms with van der Waals surface area (Å²) in [4.78, 5) is 0. The summed E-state index contributed by atoms with van der Waals surface area (Å²) in [5, 5.41) is 6.02. The largest absolute Gasteiger partial charge is 0.271 e. The maximum atomic E-state index is 6.44. The van der Waals surface area contributed by atoms with Crippen LogP contribution in [0.2, 0.25) is 5.02 Å². The van der Waals surface area contributed by atoms with Gasteiger partial charge >= 0.3 is 0 Å². The molecule has 2 atom stereocenters. The van der Waals surface area contributed by atoms with Crippen LogP contribution in [0.3, 0.4) is 0 Å². The van der Waals surface area contributed by atoms with E-state index in [4.69, 9.17) is 17.4 Å². The van der Waals surface area contributed by atoms with E-state index in [9.17, 15) is 0 Å². The molecule has 0 aliphatic rings. The Hall–Kier alpha value is -0.230. The maximum Gasteiger partial charge on any atom is 0.0850 e. The van der Waals surface area contributed by atoms with Gasteiger partial charge in [-0.2, -0.15) is 16.9 Å². The van der Waals surface area contributed by atoms with Gasteiger partial charge in [0.25, 0.3) is 0 Å². The van der Waals surface area contributed by atoms with E-state index in [1.807, 2.05) is 16.4 Å². The van der Waals surface area contributed by atoms with Crippen molar-refractivity contribution in [3.05, 3.63) is 16.4 Å². The van der Waals surface area contributed by atoms with Crippen LogP contribution < -0.4 is 11.3 Å². The summed E-state index contributed by atoms with van der Waals surface area (Å²) in [6, 6.07) is 0.221. The highest BCUT2D eigenvalue weighted by Gasteiger charge is 2.18. The van der Waals surface area contributed by atoms with Gasteiger partial charge in [0.1, 0.15) is 0 Å². The Morgan fingerprint density at radius 3 is 2.60 bits per heavy atom. The van der Waals surface area contributed by atoms with Gasteiger partial charge in [-0.05, 0) is 19.8 Å². The second-order valence-electron chi connectivity index (χ2n) is 5.00. The first-order valence-electron chi connectivity index (χ1n) is 7.38. The summed E-state index contributed by atoms with van der Waals surface area (Å²) < 4.78 is 2.00. The monoisotopic (exact) mass is 318 g/mol. The van der Waals surface area contributed by atoms with Crippen molar-refractivity contribution in [2.24, 2.45) is 5.84 Å². The molecule has 6 heteroatoms. The minimum atomic E-state index is 0.221. The number of nitrogens with one attached hydrogen (secondary N) is 1. The number of hydrogen-bond donors (Lipinski definition) is 2. The van der Waals surface area contributed by atoms with Crippen molar-refractivity contribution in [1.29, 1.82) is 0 Å². The molecule has 0 radical (unpaired) electrons. The van der Waals surface area contributed by atoms with Gasteiger partial charge in [-0.3, -0.25) is 16.0 Å². The first-order valence-corrected chi connectivity index (χ1v) is 8.81. The van der Waals surface area contributed by atoms with Crippen LogP contribution in [0.1, 0.15) is 45.5 Å². The van der Waals surface area contributed by atoms with Crippen LogP contribution in [0.15, 0.2) is 0 Å². The van der Waals surface area contributed by atoms with Crippen LogP contribution in [0.5, 0.6) is 0 Å². The van der Waals surface area contributed by atoms with E-state index < -0.39 is 0 Å². The first-order chi connectivity index (χ1) is 9.57. The maximum absolute atomic E-state index is 6.44. The second kappa shape index (κ2) is 8.93. The van der Waals surface area contributed by atoms with E-state index in [2.05, 4.69) is 38.2 Å². The van der Waals surface area contributed by atoms with Gasteiger partial charge in [-0.1, -0.05) is 32.4 Å². The van der Waals surface area contributed by atoms with E-state index in [1.54, 1.807) is 0 Å². The van der Waals surface area contributed by atoms with Crippen LogP contribution in [0.4, 0.5) is 0 Å². The van der Waals surface area contributed by atoms with E-state index in [0.717, 1.165) is 41.5 Å². The zero-order chi connectivity index (χ0) is 15.1. The average molecular weight is 319 g/mol. The number of aryl methyl sites for hydroxylation is 2. The zero-order valence-corrected chi connectivity index (χ0v) is 14.5. The lowest BCUT2D eigenvalue weighted by Gasteiger charge is -2.18. The van der Waals surface area contributed by atoms with Crippen molar-refractivity contribution < 1.29 is 0 Å². The molecule has 0 spiro atoms. The smallest absolute Gasteiger partial charge is 0.0850 e.